The van der Waals surface area contributed by atoms with Crippen molar-refractivity contribution in [3.8, 4) is 22.5 Å². The Balaban J connectivity index is 1.65. The third-order valence-corrected chi connectivity index (χ3v) is 5.88. The van der Waals surface area contributed by atoms with Gasteiger partial charge >= 0.3 is 0 Å². The number of hydrogen-bond acceptors (Lipinski definition) is 4. The van der Waals surface area contributed by atoms with E-state index < -0.39 is 0 Å². The number of nitrogens with one attached hydrogen (secondary N) is 2. The Bertz CT molecular complexity index is 1570. The number of imidazole rings is 2. The van der Waals surface area contributed by atoms with Crippen molar-refractivity contribution in [2.75, 3.05) is 0 Å². The lowest BCUT2D eigenvalue weighted by molar-refractivity contribution is 0.991. The smallest absolute Gasteiger partial charge is 0.106 e. The molecule has 31 heavy (non-hydrogen) atoms. The summed E-state index contributed by atoms with van der Waals surface area (Å²) >= 11 is 0. The first kappa shape index (κ1) is 17.8. The fourth-order valence-electron chi connectivity index (χ4n) is 4.32. The molecule has 0 amide bonds. The van der Waals surface area contributed by atoms with Crippen LogP contribution in [-0.2, 0) is 6.42 Å². The van der Waals surface area contributed by atoms with Crippen molar-refractivity contribution in [3.63, 3.8) is 0 Å². The minimum absolute atomic E-state index is 0.884. The molecule has 0 unspecified atom stereocenters. The summed E-state index contributed by atoms with van der Waals surface area (Å²) in [6, 6.07) is 15.1. The van der Waals surface area contributed by atoms with Crippen LogP contribution in [0.1, 0.15) is 18.6 Å². The lowest BCUT2D eigenvalue weighted by Gasteiger charge is -2.11. The molecule has 3 aromatic carbocycles. The molecule has 0 radical (unpaired) electrons. The van der Waals surface area contributed by atoms with E-state index in [1.165, 1.54) is 5.39 Å². The van der Waals surface area contributed by atoms with Crippen LogP contribution in [0.15, 0.2) is 61.1 Å². The van der Waals surface area contributed by atoms with Gasteiger partial charge in [0.1, 0.15) is 17.2 Å². The van der Waals surface area contributed by atoms with E-state index in [1.54, 1.807) is 6.20 Å². The molecular weight excluding hydrogens is 384 g/mol. The number of nitrogens with zero attached hydrogens (tertiary/aromatic N) is 4. The van der Waals surface area contributed by atoms with Gasteiger partial charge in [0.25, 0.3) is 0 Å². The van der Waals surface area contributed by atoms with Gasteiger partial charge in [-0.25, -0.2) is 9.97 Å². The van der Waals surface area contributed by atoms with Crippen LogP contribution in [0.3, 0.4) is 0 Å². The van der Waals surface area contributed by atoms with Crippen molar-refractivity contribution in [3.05, 3.63) is 72.7 Å². The fourth-order valence-corrected chi connectivity index (χ4v) is 4.32. The summed E-state index contributed by atoms with van der Waals surface area (Å²) < 4.78 is 0. The summed E-state index contributed by atoms with van der Waals surface area (Å²) in [6.45, 7) is 4.06. The van der Waals surface area contributed by atoms with Gasteiger partial charge in [-0.1, -0.05) is 31.2 Å². The number of rotatable bonds is 3. The Morgan fingerprint density at radius 2 is 1.45 bits per heavy atom. The van der Waals surface area contributed by atoms with Gasteiger partial charge in [0.05, 0.1) is 30.0 Å². The summed E-state index contributed by atoms with van der Waals surface area (Å²) in [5, 5.41) is 14.4. The Morgan fingerprint density at radius 1 is 0.742 bits per heavy atom. The molecule has 0 bridgehead atoms. The minimum Gasteiger partial charge on any atom is -0.342 e. The summed E-state index contributed by atoms with van der Waals surface area (Å²) in [5.74, 6) is 1.89. The van der Waals surface area contributed by atoms with Crippen LogP contribution < -0.4 is 0 Å². The van der Waals surface area contributed by atoms with Gasteiger partial charge in [0.2, 0.25) is 0 Å². The number of aromatic nitrogens is 6. The third-order valence-electron chi connectivity index (χ3n) is 5.88. The predicted molar refractivity (Wildman–Crippen MR) is 124 cm³/mol. The van der Waals surface area contributed by atoms with Crippen molar-refractivity contribution in [1.29, 1.82) is 0 Å². The molecule has 150 valence electrons. The molecule has 6 heteroatoms. The van der Waals surface area contributed by atoms with Gasteiger partial charge in [0.15, 0.2) is 0 Å². The molecule has 0 atom stereocenters. The van der Waals surface area contributed by atoms with E-state index in [4.69, 9.17) is 0 Å². The highest BCUT2D eigenvalue weighted by atomic mass is 15.1. The second-order valence-corrected chi connectivity index (χ2v) is 7.79. The van der Waals surface area contributed by atoms with Gasteiger partial charge in [-0.15, -0.1) is 5.10 Å². The lowest BCUT2D eigenvalue weighted by atomic mass is 9.94. The molecule has 0 fully saturated rings. The Labute approximate surface area is 178 Å². The van der Waals surface area contributed by atoms with E-state index in [-0.39, 0.29) is 0 Å². The minimum atomic E-state index is 0.884. The number of aromatic amines is 2. The van der Waals surface area contributed by atoms with Crippen LogP contribution in [0.2, 0.25) is 0 Å². The number of H-pyrrole nitrogens is 2. The summed E-state index contributed by atoms with van der Waals surface area (Å²) in [5.41, 5.74) is 5.12. The Kier molecular flexibility index (Phi) is 3.86. The maximum absolute atomic E-state index is 4.52. The van der Waals surface area contributed by atoms with Crippen molar-refractivity contribution in [2.24, 2.45) is 0 Å². The first-order chi connectivity index (χ1) is 15.2. The normalized spacial score (nSPS) is 11.7. The van der Waals surface area contributed by atoms with E-state index >= 15 is 0 Å². The van der Waals surface area contributed by atoms with E-state index in [0.29, 0.717) is 0 Å². The Hall–Kier alpha value is -4.06. The molecule has 0 aliphatic rings. The van der Waals surface area contributed by atoms with E-state index in [2.05, 4.69) is 73.5 Å². The topological polar surface area (TPSA) is 83.1 Å². The first-order valence-corrected chi connectivity index (χ1v) is 10.4. The molecular formula is C25H20N6. The van der Waals surface area contributed by atoms with E-state index in [0.717, 1.165) is 67.6 Å². The van der Waals surface area contributed by atoms with Crippen LogP contribution in [0, 0.1) is 6.92 Å². The first-order valence-electron chi connectivity index (χ1n) is 10.4. The van der Waals surface area contributed by atoms with Crippen LogP contribution in [0.25, 0.3) is 55.0 Å². The molecule has 6 aromatic rings. The van der Waals surface area contributed by atoms with E-state index in [9.17, 15) is 0 Å². The monoisotopic (exact) mass is 404 g/mol. The highest BCUT2D eigenvalue weighted by molar-refractivity contribution is 6.24. The van der Waals surface area contributed by atoms with Crippen LogP contribution >= 0.6 is 0 Å². The molecule has 6 nitrogen and oxygen atoms in total. The van der Waals surface area contributed by atoms with Gasteiger partial charge in [-0.2, -0.15) is 5.10 Å². The maximum atomic E-state index is 4.52. The molecule has 3 aromatic heterocycles. The predicted octanol–water partition coefficient (Wildman–Crippen LogP) is 5.59. The highest BCUT2D eigenvalue weighted by Gasteiger charge is 2.13. The van der Waals surface area contributed by atoms with Crippen molar-refractivity contribution < 1.29 is 0 Å². The van der Waals surface area contributed by atoms with E-state index in [1.807, 2.05) is 25.4 Å². The number of aryl methyl sites for hydroxylation is 2. The molecule has 6 rings (SSSR count). The zero-order chi connectivity index (χ0) is 20.9. The van der Waals surface area contributed by atoms with Gasteiger partial charge in [-0.05, 0) is 41.3 Å². The summed E-state index contributed by atoms with van der Waals surface area (Å²) in [7, 11) is 0. The molecule has 2 N–H and O–H groups in total. The molecule has 0 spiro atoms. The average Bonchev–Trinajstić information content (AvgIpc) is 3.48. The lowest BCUT2D eigenvalue weighted by Crippen LogP contribution is -1.90. The van der Waals surface area contributed by atoms with Gasteiger partial charge < -0.3 is 9.97 Å². The van der Waals surface area contributed by atoms with Gasteiger partial charge in [-0.3, -0.25) is 0 Å². The third kappa shape index (κ3) is 2.79. The molecule has 0 aliphatic heterocycles. The quantitative estimate of drug-likeness (QED) is 0.377. The fraction of sp³-hybridized carbons (Fsp3) is 0.120. The standard InChI is InChI=1S/C25H20N6/c1-3-24-27-13-23(30-24)15-4-6-17-18-7-5-16(22-12-26-14(2)29-22)11-21(18)25-19(20(17)10-15)8-9-28-31-25/h4-13H,3H2,1-2H3,(H,26,29)(H,27,30). The van der Waals surface area contributed by atoms with Gasteiger partial charge in [0, 0.05) is 28.3 Å². The number of fused-ring (bicyclic) bond motifs is 6. The molecule has 0 saturated heterocycles. The number of hydrogen-bond donors (Lipinski definition) is 2. The SMILES string of the molecule is CCc1ncc(-c2ccc3c(c2)c2ccnnc2c2cc(-c4cnc(C)[nH]4)ccc32)[nH]1. The second-order valence-electron chi connectivity index (χ2n) is 7.79. The van der Waals surface area contributed by atoms with Crippen LogP contribution in [0.4, 0.5) is 0 Å². The highest BCUT2D eigenvalue weighted by Crippen LogP contribution is 2.37. The summed E-state index contributed by atoms with van der Waals surface area (Å²) in [6.07, 6.45) is 6.41. The van der Waals surface area contributed by atoms with Crippen molar-refractivity contribution in [1.82, 2.24) is 30.1 Å². The Morgan fingerprint density at radius 3 is 2.16 bits per heavy atom. The molecule has 3 heterocycles. The van der Waals surface area contributed by atoms with Crippen molar-refractivity contribution >= 4 is 32.4 Å². The zero-order valence-corrected chi connectivity index (χ0v) is 17.3. The largest absolute Gasteiger partial charge is 0.342 e. The number of benzene rings is 3. The molecule has 0 aliphatic carbocycles. The second kappa shape index (κ2) is 6.74. The van der Waals surface area contributed by atoms with Crippen LogP contribution in [0.5, 0.6) is 0 Å². The zero-order valence-electron chi connectivity index (χ0n) is 17.3. The van der Waals surface area contributed by atoms with Crippen LogP contribution in [-0.4, -0.2) is 30.1 Å². The molecule has 0 saturated carbocycles. The summed E-state index contributed by atoms with van der Waals surface area (Å²) in [4.78, 5) is 15.5. The maximum Gasteiger partial charge on any atom is 0.106 e. The van der Waals surface area contributed by atoms with Crippen molar-refractivity contribution in [2.45, 2.75) is 20.3 Å². The average molecular weight is 404 g/mol.